The van der Waals surface area contributed by atoms with Gasteiger partial charge in [0.2, 0.25) is 0 Å². The molecule has 2 fully saturated rings. The van der Waals surface area contributed by atoms with Crippen LogP contribution in [0.1, 0.15) is 44.5 Å². The maximum absolute atomic E-state index is 6.03. The second-order valence-corrected chi connectivity index (χ2v) is 7.78. The molecule has 2 aromatic rings. The third kappa shape index (κ3) is 3.62. The number of hydrogen-bond acceptors (Lipinski definition) is 4. The second-order valence-electron chi connectivity index (χ2n) is 7.78. The largest absolute Gasteiger partial charge is 0.375 e. The predicted octanol–water partition coefficient (Wildman–Crippen LogP) is 3.32. The van der Waals surface area contributed by atoms with Gasteiger partial charge in [-0.05, 0) is 52.7 Å². The van der Waals surface area contributed by atoms with Crippen molar-refractivity contribution in [1.82, 2.24) is 19.7 Å². The van der Waals surface area contributed by atoms with Gasteiger partial charge < -0.3 is 9.64 Å². The molecule has 2 aliphatic heterocycles. The van der Waals surface area contributed by atoms with E-state index in [1.807, 2.05) is 18.2 Å². The van der Waals surface area contributed by atoms with Gasteiger partial charge in [-0.3, -0.25) is 0 Å². The molecule has 0 radical (unpaired) electrons. The Morgan fingerprint density at radius 3 is 2.64 bits per heavy atom. The minimum Gasteiger partial charge on any atom is -0.375 e. The maximum atomic E-state index is 6.03. The monoisotopic (exact) mass is 340 g/mol. The first-order valence-electron chi connectivity index (χ1n) is 9.46. The molecule has 0 aliphatic carbocycles. The molecule has 134 valence electrons. The molecule has 3 heterocycles. The number of ether oxygens (including phenoxy) is 1. The third-order valence-corrected chi connectivity index (χ3v) is 5.60. The molecule has 5 nitrogen and oxygen atoms in total. The summed E-state index contributed by atoms with van der Waals surface area (Å²) in [6.07, 6.45) is 5.37. The molecule has 4 rings (SSSR count). The highest BCUT2D eigenvalue weighted by Crippen LogP contribution is 2.31. The fourth-order valence-corrected chi connectivity index (χ4v) is 4.03. The molecule has 1 aromatic carbocycles. The van der Waals surface area contributed by atoms with Gasteiger partial charge in [0.05, 0.1) is 11.6 Å². The number of benzene rings is 1. The molecule has 2 aliphatic rings. The van der Waals surface area contributed by atoms with Crippen LogP contribution >= 0.6 is 0 Å². The van der Waals surface area contributed by atoms with Gasteiger partial charge in [0.25, 0.3) is 0 Å². The molecule has 1 unspecified atom stereocenters. The van der Waals surface area contributed by atoms with Crippen LogP contribution in [0, 0.1) is 0 Å². The highest BCUT2D eigenvalue weighted by molar-refractivity contribution is 5.54. The fourth-order valence-electron chi connectivity index (χ4n) is 4.03. The van der Waals surface area contributed by atoms with Crippen LogP contribution in [0.3, 0.4) is 0 Å². The van der Waals surface area contributed by atoms with Gasteiger partial charge >= 0.3 is 0 Å². The highest BCUT2D eigenvalue weighted by atomic mass is 16.5. The Morgan fingerprint density at radius 1 is 1.20 bits per heavy atom. The lowest BCUT2D eigenvalue weighted by atomic mass is 9.97. The SMILES string of the molecule is CN1CCC(n2nc(-c3ccccc3)nc2CC2(C)CCCO2)CC1. The van der Waals surface area contributed by atoms with Crippen LogP contribution < -0.4 is 0 Å². The molecule has 25 heavy (non-hydrogen) atoms. The Bertz CT molecular complexity index is 698. The standard InChI is InChI=1S/C20H28N4O/c1-20(11-6-14-25-20)15-18-21-19(16-7-4-3-5-8-16)22-24(18)17-9-12-23(2)13-10-17/h3-5,7-8,17H,6,9-15H2,1-2H3. The first-order valence-corrected chi connectivity index (χ1v) is 9.46. The Kier molecular flexibility index (Phi) is 4.61. The van der Waals surface area contributed by atoms with Gasteiger partial charge in [0, 0.05) is 18.6 Å². The van der Waals surface area contributed by atoms with Crippen molar-refractivity contribution in [1.29, 1.82) is 0 Å². The van der Waals surface area contributed by atoms with Crippen molar-refractivity contribution in [2.75, 3.05) is 26.7 Å². The predicted molar refractivity (Wildman–Crippen MR) is 98.5 cm³/mol. The summed E-state index contributed by atoms with van der Waals surface area (Å²) in [6.45, 7) is 5.33. The van der Waals surface area contributed by atoms with Crippen LogP contribution in [0.2, 0.25) is 0 Å². The lowest BCUT2D eigenvalue weighted by molar-refractivity contribution is 0.0177. The van der Waals surface area contributed by atoms with Crippen molar-refractivity contribution in [3.8, 4) is 11.4 Å². The van der Waals surface area contributed by atoms with Crippen LogP contribution in [0.25, 0.3) is 11.4 Å². The zero-order chi connectivity index (χ0) is 17.3. The summed E-state index contributed by atoms with van der Waals surface area (Å²) >= 11 is 0. The lowest BCUT2D eigenvalue weighted by Crippen LogP contribution is -2.34. The Labute approximate surface area is 150 Å². The van der Waals surface area contributed by atoms with Crippen molar-refractivity contribution in [3.63, 3.8) is 0 Å². The summed E-state index contributed by atoms with van der Waals surface area (Å²) in [6, 6.07) is 10.8. The number of aromatic nitrogens is 3. The number of hydrogen-bond donors (Lipinski definition) is 0. The zero-order valence-corrected chi connectivity index (χ0v) is 15.3. The van der Waals surface area contributed by atoms with E-state index in [1.165, 1.54) is 0 Å². The molecule has 1 atom stereocenters. The van der Waals surface area contributed by atoms with Gasteiger partial charge in [0.15, 0.2) is 5.82 Å². The molecule has 0 saturated carbocycles. The quantitative estimate of drug-likeness (QED) is 0.856. The number of rotatable bonds is 4. The van der Waals surface area contributed by atoms with E-state index in [4.69, 9.17) is 14.8 Å². The minimum absolute atomic E-state index is 0.0931. The fraction of sp³-hybridized carbons (Fsp3) is 0.600. The third-order valence-electron chi connectivity index (χ3n) is 5.60. The summed E-state index contributed by atoms with van der Waals surface area (Å²) in [5.41, 5.74) is 0.998. The molecule has 1 aromatic heterocycles. The lowest BCUT2D eigenvalue weighted by Gasteiger charge is -2.30. The second kappa shape index (κ2) is 6.89. The van der Waals surface area contributed by atoms with E-state index >= 15 is 0 Å². The van der Waals surface area contributed by atoms with Crippen LogP contribution in [0.5, 0.6) is 0 Å². The van der Waals surface area contributed by atoms with Crippen molar-refractivity contribution in [2.45, 2.75) is 50.7 Å². The summed E-state index contributed by atoms with van der Waals surface area (Å²) in [5, 5.41) is 4.93. The first kappa shape index (κ1) is 16.7. The van der Waals surface area contributed by atoms with Crippen molar-refractivity contribution >= 4 is 0 Å². The topological polar surface area (TPSA) is 43.2 Å². The Balaban J connectivity index is 1.66. The van der Waals surface area contributed by atoms with Gasteiger partial charge in [-0.15, -0.1) is 0 Å². The van der Waals surface area contributed by atoms with Crippen LogP contribution in [0.4, 0.5) is 0 Å². The Hall–Kier alpha value is -1.72. The van der Waals surface area contributed by atoms with Crippen LogP contribution in [0.15, 0.2) is 30.3 Å². The number of likely N-dealkylation sites (tertiary alicyclic amines) is 1. The summed E-state index contributed by atoms with van der Waals surface area (Å²) < 4.78 is 8.24. The number of piperidine rings is 1. The van der Waals surface area contributed by atoms with Crippen molar-refractivity contribution < 1.29 is 4.74 Å². The smallest absolute Gasteiger partial charge is 0.181 e. The number of nitrogens with zero attached hydrogens (tertiary/aromatic N) is 4. The average molecular weight is 340 g/mol. The van der Waals surface area contributed by atoms with E-state index in [2.05, 4.69) is 35.7 Å². The van der Waals surface area contributed by atoms with Gasteiger partial charge in [-0.1, -0.05) is 30.3 Å². The molecule has 0 amide bonds. The van der Waals surface area contributed by atoms with E-state index in [0.29, 0.717) is 6.04 Å². The van der Waals surface area contributed by atoms with Gasteiger partial charge in [0.1, 0.15) is 5.82 Å². The molecular weight excluding hydrogens is 312 g/mol. The van der Waals surface area contributed by atoms with Gasteiger partial charge in [-0.2, -0.15) is 5.10 Å². The maximum Gasteiger partial charge on any atom is 0.181 e. The average Bonchev–Trinajstić information content (AvgIpc) is 3.23. The highest BCUT2D eigenvalue weighted by Gasteiger charge is 2.33. The summed E-state index contributed by atoms with van der Waals surface area (Å²) in [7, 11) is 2.20. The van der Waals surface area contributed by atoms with Gasteiger partial charge in [-0.25, -0.2) is 9.67 Å². The summed E-state index contributed by atoms with van der Waals surface area (Å²) in [4.78, 5) is 7.34. The molecular formula is C20H28N4O. The first-order chi connectivity index (χ1) is 12.1. The molecule has 0 bridgehead atoms. The minimum atomic E-state index is -0.0931. The Morgan fingerprint density at radius 2 is 1.96 bits per heavy atom. The molecule has 0 N–H and O–H groups in total. The summed E-state index contributed by atoms with van der Waals surface area (Å²) in [5.74, 6) is 1.92. The normalized spacial score (nSPS) is 25.5. The van der Waals surface area contributed by atoms with E-state index in [-0.39, 0.29) is 5.60 Å². The van der Waals surface area contributed by atoms with Crippen LogP contribution in [-0.4, -0.2) is 52.0 Å². The molecule has 2 saturated heterocycles. The molecule has 0 spiro atoms. The van der Waals surface area contributed by atoms with Crippen molar-refractivity contribution in [2.24, 2.45) is 0 Å². The van der Waals surface area contributed by atoms with E-state index in [9.17, 15) is 0 Å². The van der Waals surface area contributed by atoms with E-state index < -0.39 is 0 Å². The van der Waals surface area contributed by atoms with Crippen molar-refractivity contribution in [3.05, 3.63) is 36.2 Å². The molecule has 5 heteroatoms. The van der Waals surface area contributed by atoms with Crippen LogP contribution in [-0.2, 0) is 11.2 Å². The van der Waals surface area contributed by atoms with E-state index in [0.717, 1.165) is 69.0 Å². The zero-order valence-electron chi connectivity index (χ0n) is 15.3. The van der Waals surface area contributed by atoms with E-state index in [1.54, 1.807) is 0 Å².